The number of nitrogens with one attached hydrogen (secondary N) is 2. The van der Waals surface area contributed by atoms with Crippen molar-refractivity contribution >= 4 is 17.9 Å². The molecule has 1 aliphatic rings. The maximum atomic E-state index is 12.0. The van der Waals surface area contributed by atoms with Crippen molar-refractivity contribution in [3.05, 3.63) is 66.1 Å². The lowest BCUT2D eigenvalue weighted by atomic mass is 10.2. The van der Waals surface area contributed by atoms with Crippen LogP contribution in [0.15, 0.2) is 59.2 Å². The molecule has 2 amide bonds. The molecule has 2 heterocycles. The number of likely N-dealkylation sites (tertiary alicyclic amines) is 1. The highest BCUT2D eigenvalue weighted by Crippen LogP contribution is 2.13. The Bertz CT molecular complexity index is 741. The predicted octanol–water partition coefficient (Wildman–Crippen LogP) is 1.80. The van der Waals surface area contributed by atoms with E-state index in [4.69, 9.17) is 4.42 Å². The van der Waals surface area contributed by atoms with Crippen molar-refractivity contribution in [1.29, 1.82) is 0 Å². The number of amides is 2. The molecule has 0 spiro atoms. The Morgan fingerprint density at radius 3 is 2.81 bits per heavy atom. The van der Waals surface area contributed by atoms with Crippen molar-refractivity contribution < 1.29 is 14.0 Å². The summed E-state index contributed by atoms with van der Waals surface area (Å²) in [7, 11) is 0. The van der Waals surface area contributed by atoms with Crippen molar-refractivity contribution in [3.8, 4) is 0 Å². The number of carbonyl (C=O) groups is 2. The lowest BCUT2D eigenvalue weighted by molar-refractivity contribution is -0.124. The van der Waals surface area contributed by atoms with Gasteiger partial charge in [-0.25, -0.2) is 0 Å². The van der Waals surface area contributed by atoms with E-state index in [1.165, 1.54) is 17.9 Å². The molecular weight excluding hydrogens is 330 g/mol. The number of hydrogen-bond donors (Lipinski definition) is 2. The lowest BCUT2D eigenvalue weighted by Crippen LogP contribution is -2.42. The van der Waals surface area contributed by atoms with Gasteiger partial charge in [-0.1, -0.05) is 30.3 Å². The van der Waals surface area contributed by atoms with E-state index in [0.29, 0.717) is 5.76 Å². The van der Waals surface area contributed by atoms with Crippen LogP contribution < -0.4 is 10.6 Å². The number of nitrogens with zero attached hydrogens (tertiary/aromatic N) is 1. The molecule has 0 bridgehead atoms. The Labute approximate surface area is 152 Å². The molecule has 1 aromatic heterocycles. The Morgan fingerprint density at radius 1 is 1.19 bits per heavy atom. The molecule has 2 N–H and O–H groups in total. The topological polar surface area (TPSA) is 74.6 Å². The summed E-state index contributed by atoms with van der Waals surface area (Å²) in [6.45, 7) is 2.64. The van der Waals surface area contributed by atoms with Gasteiger partial charge in [0.2, 0.25) is 11.8 Å². The molecule has 6 nitrogen and oxygen atoms in total. The van der Waals surface area contributed by atoms with Crippen LogP contribution in [0, 0.1) is 0 Å². The molecule has 1 unspecified atom stereocenters. The van der Waals surface area contributed by atoms with Crippen LogP contribution in [0.25, 0.3) is 6.08 Å². The van der Waals surface area contributed by atoms with Gasteiger partial charge in [-0.3, -0.25) is 14.5 Å². The molecule has 1 fully saturated rings. The summed E-state index contributed by atoms with van der Waals surface area (Å²) in [5, 5.41) is 5.56. The minimum absolute atomic E-state index is 0.0312. The molecule has 6 heteroatoms. The maximum absolute atomic E-state index is 12.0. The Morgan fingerprint density at radius 2 is 2.04 bits per heavy atom. The lowest BCUT2D eigenvalue weighted by Gasteiger charge is -2.16. The third kappa shape index (κ3) is 5.60. The number of hydrogen-bond acceptors (Lipinski definition) is 4. The molecule has 1 saturated heterocycles. The predicted molar refractivity (Wildman–Crippen MR) is 99.0 cm³/mol. The highest BCUT2D eigenvalue weighted by atomic mass is 16.3. The molecule has 3 rings (SSSR count). The minimum Gasteiger partial charge on any atom is -0.465 e. The second-order valence-corrected chi connectivity index (χ2v) is 6.34. The van der Waals surface area contributed by atoms with Crippen LogP contribution in [0.3, 0.4) is 0 Å². The number of carbonyl (C=O) groups excluding carboxylic acids is 2. The van der Waals surface area contributed by atoms with Crippen molar-refractivity contribution in [2.45, 2.75) is 19.0 Å². The van der Waals surface area contributed by atoms with E-state index in [-0.39, 0.29) is 24.4 Å². The monoisotopic (exact) mass is 353 g/mol. The number of benzene rings is 1. The van der Waals surface area contributed by atoms with E-state index in [1.807, 2.05) is 18.2 Å². The van der Waals surface area contributed by atoms with Gasteiger partial charge in [-0.05, 0) is 30.2 Å². The average Bonchev–Trinajstić information content (AvgIpc) is 3.31. The van der Waals surface area contributed by atoms with Crippen LogP contribution in [0.4, 0.5) is 0 Å². The van der Waals surface area contributed by atoms with E-state index < -0.39 is 0 Å². The van der Waals surface area contributed by atoms with E-state index in [1.54, 1.807) is 18.2 Å². The van der Waals surface area contributed by atoms with Gasteiger partial charge >= 0.3 is 0 Å². The third-order valence-corrected chi connectivity index (χ3v) is 4.25. The molecule has 0 saturated carbocycles. The van der Waals surface area contributed by atoms with Gasteiger partial charge < -0.3 is 15.1 Å². The Kier molecular flexibility index (Phi) is 6.22. The van der Waals surface area contributed by atoms with Crippen LogP contribution in [-0.4, -0.2) is 42.4 Å². The van der Waals surface area contributed by atoms with Crippen LogP contribution in [-0.2, 0) is 16.1 Å². The van der Waals surface area contributed by atoms with Gasteiger partial charge in [0.25, 0.3) is 0 Å². The van der Waals surface area contributed by atoms with Crippen LogP contribution in [0.1, 0.15) is 17.7 Å². The van der Waals surface area contributed by atoms with E-state index in [0.717, 1.165) is 26.1 Å². The Balaban J connectivity index is 1.35. The second-order valence-electron chi connectivity index (χ2n) is 6.34. The molecule has 1 aromatic carbocycles. The smallest absolute Gasteiger partial charge is 0.244 e. The SMILES string of the molecule is O=C(/C=C\c1ccco1)NCC(=O)NC1CCN(Cc2ccccc2)C1. The zero-order chi connectivity index (χ0) is 18.2. The standard InChI is InChI=1S/C20H23N3O3/c24-19(9-8-18-7-4-12-26-18)21-13-20(25)22-17-10-11-23(15-17)14-16-5-2-1-3-6-16/h1-9,12,17H,10-11,13-15H2,(H,21,24)(H,22,25)/b9-8-. The first-order valence-electron chi connectivity index (χ1n) is 8.74. The molecule has 26 heavy (non-hydrogen) atoms. The summed E-state index contributed by atoms with van der Waals surface area (Å²) in [6, 6.07) is 13.9. The highest BCUT2D eigenvalue weighted by Gasteiger charge is 2.23. The summed E-state index contributed by atoms with van der Waals surface area (Å²) in [4.78, 5) is 26.0. The number of rotatable bonds is 7. The molecule has 0 radical (unpaired) electrons. The van der Waals surface area contributed by atoms with Crippen LogP contribution in [0.5, 0.6) is 0 Å². The summed E-state index contributed by atoms with van der Waals surface area (Å²) in [5.41, 5.74) is 1.27. The fraction of sp³-hybridized carbons (Fsp3) is 0.300. The first kappa shape index (κ1) is 17.9. The van der Waals surface area contributed by atoms with Crippen molar-refractivity contribution in [2.24, 2.45) is 0 Å². The zero-order valence-corrected chi connectivity index (χ0v) is 14.6. The third-order valence-electron chi connectivity index (χ3n) is 4.25. The zero-order valence-electron chi connectivity index (χ0n) is 14.6. The van der Waals surface area contributed by atoms with Crippen LogP contribution >= 0.6 is 0 Å². The largest absolute Gasteiger partial charge is 0.465 e. The van der Waals surface area contributed by atoms with Gasteiger partial charge in [0.05, 0.1) is 12.8 Å². The summed E-state index contributed by atoms with van der Waals surface area (Å²) in [5.74, 6) is 0.0963. The maximum Gasteiger partial charge on any atom is 0.244 e. The van der Waals surface area contributed by atoms with E-state index in [9.17, 15) is 9.59 Å². The highest BCUT2D eigenvalue weighted by molar-refractivity contribution is 5.94. The normalized spacial score (nSPS) is 17.5. The fourth-order valence-electron chi connectivity index (χ4n) is 2.98. The summed E-state index contributed by atoms with van der Waals surface area (Å²) < 4.78 is 5.10. The van der Waals surface area contributed by atoms with Crippen LogP contribution in [0.2, 0.25) is 0 Å². The first-order chi connectivity index (χ1) is 12.7. The molecule has 0 aliphatic carbocycles. The minimum atomic E-state index is -0.325. The first-order valence-corrected chi connectivity index (χ1v) is 8.74. The van der Waals surface area contributed by atoms with Crippen molar-refractivity contribution in [1.82, 2.24) is 15.5 Å². The molecule has 1 aliphatic heterocycles. The van der Waals surface area contributed by atoms with Gasteiger partial charge in [0.15, 0.2) is 0 Å². The van der Waals surface area contributed by atoms with Gasteiger partial charge in [-0.15, -0.1) is 0 Å². The van der Waals surface area contributed by atoms with E-state index in [2.05, 4.69) is 27.7 Å². The molecule has 2 aromatic rings. The van der Waals surface area contributed by atoms with Gasteiger partial charge in [-0.2, -0.15) is 0 Å². The fourth-order valence-corrected chi connectivity index (χ4v) is 2.98. The van der Waals surface area contributed by atoms with Gasteiger partial charge in [0, 0.05) is 31.8 Å². The molecule has 136 valence electrons. The quantitative estimate of drug-likeness (QED) is 0.745. The number of furan rings is 1. The average molecular weight is 353 g/mol. The Hall–Kier alpha value is -2.86. The van der Waals surface area contributed by atoms with Crippen molar-refractivity contribution in [3.63, 3.8) is 0 Å². The van der Waals surface area contributed by atoms with Crippen molar-refractivity contribution in [2.75, 3.05) is 19.6 Å². The molecular formula is C20H23N3O3. The second kappa shape index (κ2) is 9.01. The summed E-state index contributed by atoms with van der Waals surface area (Å²) >= 11 is 0. The molecule has 1 atom stereocenters. The van der Waals surface area contributed by atoms with E-state index >= 15 is 0 Å². The van der Waals surface area contributed by atoms with Gasteiger partial charge in [0.1, 0.15) is 5.76 Å². The summed E-state index contributed by atoms with van der Waals surface area (Å²) in [6.07, 6.45) is 5.37.